The number of amides is 2. The molecule has 4 N–H and O–H groups in total. The van der Waals surface area contributed by atoms with Crippen molar-refractivity contribution in [1.82, 2.24) is 9.88 Å². The van der Waals surface area contributed by atoms with Crippen molar-refractivity contribution in [2.75, 3.05) is 36.6 Å². The van der Waals surface area contributed by atoms with Gasteiger partial charge in [-0.25, -0.2) is 4.79 Å². The minimum Gasteiger partial charge on any atom is -0.492 e. The molecule has 0 saturated carbocycles. The number of hydrogen-bond acceptors (Lipinski definition) is 5. The number of carbonyl (C=O) groups is 1. The topological polar surface area (TPSA) is 92.5 Å². The number of likely N-dealkylation sites (tertiary alicyclic amines) is 1. The quantitative estimate of drug-likeness (QED) is 0.223. The Hall–Kier alpha value is -4.10. The molecule has 0 spiro atoms. The van der Waals surface area contributed by atoms with Crippen LogP contribution in [0.5, 0.6) is 5.75 Å². The van der Waals surface area contributed by atoms with Crippen molar-refractivity contribution >= 4 is 33.9 Å². The van der Waals surface area contributed by atoms with Gasteiger partial charge in [0.05, 0.1) is 29.9 Å². The van der Waals surface area contributed by atoms with Crippen molar-refractivity contribution in [3.8, 4) is 16.9 Å². The molecular formula is C33H39N5O2. The Labute approximate surface area is 236 Å². The standard InChI is InChI=1S/C33H39N5O2/c1-33(2,3)23-18-28(34)31(40-4)30(19-23)37-32(39)36-29-15-14-25(26-10-6-7-11-27(26)29)22-12-13-24(35-20-22)21-38-16-8-5-9-17-38/h6-7,10-15,18-20H,5,8-9,16-17,21,34H2,1-4H3,(H2,36,37,39). The summed E-state index contributed by atoms with van der Waals surface area (Å²) >= 11 is 0. The maximum absolute atomic E-state index is 13.2. The van der Waals surface area contributed by atoms with Crippen molar-refractivity contribution in [3.05, 3.63) is 78.1 Å². The van der Waals surface area contributed by atoms with Gasteiger partial charge in [-0.05, 0) is 72.1 Å². The maximum Gasteiger partial charge on any atom is 0.323 e. The molecule has 4 aromatic rings. The van der Waals surface area contributed by atoms with E-state index in [2.05, 4.69) is 54.5 Å². The van der Waals surface area contributed by atoms with Crippen LogP contribution in [0, 0.1) is 0 Å². The molecule has 7 nitrogen and oxygen atoms in total. The molecular weight excluding hydrogens is 498 g/mol. The number of anilines is 3. The monoisotopic (exact) mass is 537 g/mol. The van der Waals surface area contributed by atoms with E-state index in [1.54, 1.807) is 7.11 Å². The van der Waals surface area contributed by atoms with E-state index in [-0.39, 0.29) is 11.4 Å². The van der Waals surface area contributed by atoms with E-state index in [0.29, 0.717) is 22.8 Å². The Bertz CT molecular complexity index is 1500. The number of benzene rings is 3. The number of fused-ring (bicyclic) bond motifs is 1. The van der Waals surface area contributed by atoms with Crippen LogP contribution in [0.2, 0.25) is 0 Å². The highest BCUT2D eigenvalue weighted by atomic mass is 16.5. The molecule has 5 rings (SSSR count). The van der Waals surface area contributed by atoms with Gasteiger partial charge in [0.2, 0.25) is 0 Å². The molecule has 0 aliphatic carbocycles. The van der Waals surface area contributed by atoms with E-state index in [4.69, 9.17) is 15.5 Å². The van der Waals surface area contributed by atoms with Crippen LogP contribution in [-0.2, 0) is 12.0 Å². The van der Waals surface area contributed by atoms with Crippen molar-refractivity contribution in [2.45, 2.75) is 52.0 Å². The largest absolute Gasteiger partial charge is 0.492 e. The number of piperidine rings is 1. The minimum absolute atomic E-state index is 0.139. The lowest BCUT2D eigenvalue weighted by molar-refractivity contribution is 0.218. The van der Waals surface area contributed by atoms with Gasteiger partial charge in [-0.1, -0.05) is 63.6 Å². The van der Waals surface area contributed by atoms with Crippen LogP contribution >= 0.6 is 0 Å². The molecule has 1 aliphatic heterocycles. The van der Waals surface area contributed by atoms with Crippen LogP contribution in [0.1, 0.15) is 51.3 Å². The zero-order valence-electron chi connectivity index (χ0n) is 23.9. The molecule has 208 valence electrons. The lowest BCUT2D eigenvalue weighted by Crippen LogP contribution is -2.29. The minimum atomic E-state index is -0.370. The summed E-state index contributed by atoms with van der Waals surface area (Å²) in [6.45, 7) is 9.50. The van der Waals surface area contributed by atoms with Gasteiger partial charge in [-0.15, -0.1) is 0 Å². The van der Waals surface area contributed by atoms with Crippen molar-refractivity contribution < 1.29 is 9.53 Å². The molecule has 0 bridgehead atoms. The van der Waals surface area contributed by atoms with Crippen LogP contribution in [0.15, 0.2) is 66.9 Å². The van der Waals surface area contributed by atoms with Crippen molar-refractivity contribution in [1.29, 1.82) is 0 Å². The van der Waals surface area contributed by atoms with Crippen LogP contribution in [0.25, 0.3) is 21.9 Å². The predicted octanol–water partition coefficient (Wildman–Crippen LogP) is 7.42. The number of rotatable bonds is 6. The molecule has 2 heterocycles. The molecule has 3 aromatic carbocycles. The average Bonchev–Trinajstić information content (AvgIpc) is 2.94. The second kappa shape index (κ2) is 11.6. The summed E-state index contributed by atoms with van der Waals surface area (Å²) in [6.07, 6.45) is 5.83. The summed E-state index contributed by atoms with van der Waals surface area (Å²) in [5, 5.41) is 7.96. The highest BCUT2D eigenvalue weighted by molar-refractivity contribution is 6.10. The first kappa shape index (κ1) is 27.5. The first-order valence-electron chi connectivity index (χ1n) is 14.0. The van der Waals surface area contributed by atoms with E-state index in [0.717, 1.165) is 52.8 Å². The second-order valence-electron chi connectivity index (χ2n) is 11.6. The number of nitrogens with one attached hydrogen (secondary N) is 2. The highest BCUT2D eigenvalue weighted by Crippen LogP contribution is 2.37. The number of nitrogens with zero attached hydrogens (tertiary/aromatic N) is 2. The van der Waals surface area contributed by atoms with Gasteiger partial charge in [0, 0.05) is 23.7 Å². The van der Waals surface area contributed by atoms with Crippen LogP contribution in [0.4, 0.5) is 21.9 Å². The van der Waals surface area contributed by atoms with Gasteiger partial charge in [-0.2, -0.15) is 0 Å². The fraction of sp³-hybridized carbons (Fsp3) is 0.333. The first-order chi connectivity index (χ1) is 19.2. The number of nitrogens with two attached hydrogens (primary N) is 1. The third-order valence-electron chi connectivity index (χ3n) is 7.58. The number of aromatic nitrogens is 1. The molecule has 7 heteroatoms. The maximum atomic E-state index is 13.2. The number of methoxy groups -OCH3 is 1. The molecule has 0 radical (unpaired) electrons. The lowest BCUT2D eigenvalue weighted by atomic mass is 9.86. The molecule has 40 heavy (non-hydrogen) atoms. The molecule has 2 amide bonds. The summed E-state index contributed by atoms with van der Waals surface area (Å²) in [5.74, 6) is 0.444. The lowest BCUT2D eigenvalue weighted by Gasteiger charge is -2.25. The zero-order valence-corrected chi connectivity index (χ0v) is 23.9. The summed E-state index contributed by atoms with van der Waals surface area (Å²) in [5.41, 5.74) is 12.1. The average molecular weight is 538 g/mol. The Balaban J connectivity index is 1.38. The number of pyridine rings is 1. The second-order valence-corrected chi connectivity index (χ2v) is 11.6. The highest BCUT2D eigenvalue weighted by Gasteiger charge is 2.20. The summed E-state index contributed by atoms with van der Waals surface area (Å²) in [7, 11) is 1.55. The number of nitrogen functional groups attached to an aromatic ring is 1. The molecule has 1 fully saturated rings. The smallest absolute Gasteiger partial charge is 0.323 e. The molecule has 1 aliphatic rings. The fourth-order valence-electron chi connectivity index (χ4n) is 5.36. The number of ether oxygens (including phenoxy) is 1. The normalized spacial score (nSPS) is 14.2. The van der Waals surface area contributed by atoms with Gasteiger partial charge < -0.3 is 21.1 Å². The summed E-state index contributed by atoms with van der Waals surface area (Å²) < 4.78 is 5.50. The SMILES string of the molecule is COc1c(N)cc(C(C)(C)C)cc1NC(=O)Nc1ccc(-c2ccc(CN3CCCCC3)nc2)c2ccccc12. The van der Waals surface area contributed by atoms with Crippen LogP contribution in [-0.4, -0.2) is 36.1 Å². The van der Waals surface area contributed by atoms with E-state index in [1.807, 2.05) is 48.7 Å². The Morgan fingerprint density at radius 3 is 2.35 bits per heavy atom. The Morgan fingerprint density at radius 2 is 1.68 bits per heavy atom. The van der Waals surface area contributed by atoms with Gasteiger partial charge in [0.1, 0.15) is 0 Å². The first-order valence-corrected chi connectivity index (χ1v) is 14.0. The Kier molecular flexibility index (Phi) is 7.94. The van der Waals surface area contributed by atoms with Crippen molar-refractivity contribution in [3.63, 3.8) is 0 Å². The molecule has 1 saturated heterocycles. The fourth-order valence-corrected chi connectivity index (χ4v) is 5.36. The van der Waals surface area contributed by atoms with Gasteiger partial charge in [0.25, 0.3) is 0 Å². The van der Waals surface area contributed by atoms with Crippen molar-refractivity contribution in [2.24, 2.45) is 0 Å². The molecule has 0 unspecified atom stereocenters. The van der Waals surface area contributed by atoms with E-state index in [1.165, 1.54) is 19.3 Å². The van der Waals surface area contributed by atoms with Crippen LogP contribution < -0.4 is 21.1 Å². The van der Waals surface area contributed by atoms with E-state index in [9.17, 15) is 4.79 Å². The van der Waals surface area contributed by atoms with Gasteiger partial charge in [0.15, 0.2) is 5.75 Å². The number of hydrogen-bond donors (Lipinski definition) is 3. The molecule has 0 atom stereocenters. The number of urea groups is 1. The zero-order chi connectivity index (χ0) is 28.3. The van der Waals surface area contributed by atoms with E-state index < -0.39 is 0 Å². The molecule has 1 aromatic heterocycles. The Morgan fingerprint density at radius 1 is 0.950 bits per heavy atom. The number of carbonyl (C=O) groups excluding carboxylic acids is 1. The summed E-state index contributed by atoms with van der Waals surface area (Å²) in [4.78, 5) is 20.4. The summed E-state index contributed by atoms with van der Waals surface area (Å²) in [6, 6.07) is 19.8. The van der Waals surface area contributed by atoms with Gasteiger partial charge in [-0.3, -0.25) is 9.88 Å². The predicted molar refractivity (Wildman–Crippen MR) is 165 cm³/mol. The van der Waals surface area contributed by atoms with Crippen LogP contribution in [0.3, 0.4) is 0 Å². The third-order valence-corrected chi connectivity index (χ3v) is 7.58. The van der Waals surface area contributed by atoms with E-state index >= 15 is 0 Å². The third kappa shape index (κ3) is 6.05. The van der Waals surface area contributed by atoms with Gasteiger partial charge >= 0.3 is 6.03 Å².